The fraction of sp³-hybridized carbons (Fsp3) is 0.528. The standard InChI is InChI=1S/C29H43N5O7.C7H5NS/c1-17(2)24(36)33-13-12-32(16-18(33)3)25(37)23(35)31-20-14-21(19-10-11-19)22(30-15-20)34(26(38)40-28(4,5)6)27(39)41-29(7,8)9;1-2-4-7-6(3-1)8-5-9-7/h14-15,17-19H,10-13,16H2,1-9H3,(H,31,35);1-5H. The van der Waals surface area contributed by atoms with Gasteiger partial charge in [-0.15, -0.1) is 11.3 Å². The third-order valence-corrected chi connectivity index (χ3v) is 8.47. The van der Waals surface area contributed by atoms with E-state index in [0.717, 1.165) is 23.3 Å². The molecule has 1 aliphatic heterocycles. The molecule has 3 aromatic rings. The number of para-hydroxylation sites is 1. The highest BCUT2D eigenvalue weighted by Gasteiger charge is 2.39. The zero-order chi connectivity index (χ0) is 37.0. The Labute approximate surface area is 297 Å². The Morgan fingerprint density at radius 1 is 0.940 bits per heavy atom. The SMILES string of the molecule is CC(C)C(=O)N1CCN(C(=O)C(=O)Nc2cnc(N(C(=O)OC(C)(C)C)C(=O)OC(C)(C)C)c(C3CC3)c2)CC1C.c1ccc2scnc2c1. The van der Waals surface area contributed by atoms with Crippen molar-refractivity contribution in [3.05, 3.63) is 47.6 Å². The molecule has 5 rings (SSSR count). The number of hydrogen-bond acceptors (Lipinski definition) is 10. The number of rotatable bonds is 4. The molecule has 3 heterocycles. The van der Waals surface area contributed by atoms with Gasteiger partial charge in [-0.25, -0.2) is 19.6 Å². The molecule has 0 radical (unpaired) electrons. The summed E-state index contributed by atoms with van der Waals surface area (Å²) in [4.78, 5) is 77.1. The van der Waals surface area contributed by atoms with E-state index in [1.807, 2.05) is 44.5 Å². The average molecular weight is 709 g/mol. The van der Waals surface area contributed by atoms with Crippen LogP contribution in [0.4, 0.5) is 21.1 Å². The number of hydrogen-bond donors (Lipinski definition) is 1. The molecule has 5 amide bonds. The maximum atomic E-state index is 13.2. The molecule has 1 saturated heterocycles. The van der Waals surface area contributed by atoms with Gasteiger partial charge in [-0.3, -0.25) is 14.4 Å². The minimum atomic E-state index is -0.933. The molecule has 2 fully saturated rings. The Hall–Kier alpha value is -4.59. The van der Waals surface area contributed by atoms with Gasteiger partial charge in [-0.2, -0.15) is 4.90 Å². The molecule has 14 heteroatoms. The molecule has 0 spiro atoms. The van der Waals surface area contributed by atoms with Gasteiger partial charge in [0.15, 0.2) is 5.82 Å². The lowest BCUT2D eigenvalue weighted by Gasteiger charge is -2.40. The Bertz CT molecular complexity index is 1670. The van der Waals surface area contributed by atoms with E-state index < -0.39 is 35.2 Å². The molecule has 1 unspecified atom stereocenters. The predicted octanol–water partition coefficient (Wildman–Crippen LogP) is 6.59. The fourth-order valence-corrected chi connectivity index (χ4v) is 5.90. The Balaban J connectivity index is 0.000000532. The van der Waals surface area contributed by atoms with Crippen LogP contribution in [0.1, 0.15) is 86.6 Å². The number of piperazine rings is 1. The van der Waals surface area contributed by atoms with Gasteiger partial charge in [0.25, 0.3) is 0 Å². The molecule has 1 N–H and O–H groups in total. The minimum absolute atomic E-state index is 0.00449. The van der Waals surface area contributed by atoms with E-state index in [4.69, 9.17) is 9.47 Å². The summed E-state index contributed by atoms with van der Waals surface area (Å²) < 4.78 is 12.2. The lowest BCUT2D eigenvalue weighted by molar-refractivity contribution is -0.148. The summed E-state index contributed by atoms with van der Waals surface area (Å²) in [5.41, 5.74) is 2.02. The quantitative estimate of drug-likeness (QED) is 0.296. The highest BCUT2D eigenvalue weighted by molar-refractivity contribution is 7.16. The molecule has 13 nitrogen and oxygen atoms in total. The van der Waals surface area contributed by atoms with Gasteiger partial charge in [-0.1, -0.05) is 26.0 Å². The summed E-state index contributed by atoms with van der Waals surface area (Å²) in [6.45, 7) is 16.5. The van der Waals surface area contributed by atoms with Crippen LogP contribution in [0.15, 0.2) is 42.0 Å². The summed E-state index contributed by atoms with van der Waals surface area (Å²) in [6.07, 6.45) is 1.03. The number of thiazole rings is 1. The summed E-state index contributed by atoms with van der Waals surface area (Å²) in [5.74, 6) is -1.63. The molecule has 0 bridgehead atoms. The fourth-order valence-electron chi connectivity index (χ4n) is 5.22. The van der Waals surface area contributed by atoms with Crippen molar-refractivity contribution in [1.29, 1.82) is 0 Å². The van der Waals surface area contributed by atoms with Crippen molar-refractivity contribution in [3.63, 3.8) is 0 Å². The van der Waals surface area contributed by atoms with E-state index in [2.05, 4.69) is 21.4 Å². The van der Waals surface area contributed by atoms with Crippen molar-refractivity contribution in [3.8, 4) is 0 Å². The van der Waals surface area contributed by atoms with Gasteiger partial charge in [0.05, 0.1) is 27.6 Å². The van der Waals surface area contributed by atoms with Gasteiger partial charge < -0.3 is 24.6 Å². The van der Waals surface area contributed by atoms with Gasteiger partial charge >= 0.3 is 24.0 Å². The van der Waals surface area contributed by atoms with Crippen molar-refractivity contribution in [1.82, 2.24) is 19.8 Å². The van der Waals surface area contributed by atoms with E-state index in [0.29, 0.717) is 12.1 Å². The van der Waals surface area contributed by atoms with E-state index in [1.54, 1.807) is 63.8 Å². The van der Waals surface area contributed by atoms with Crippen LogP contribution in [0.2, 0.25) is 0 Å². The number of nitrogens with zero attached hydrogens (tertiary/aromatic N) is 5. The second-order valence-electron chi connectivity index (χ2n) is 14.8. The minimum Gasteiger partial charge on any atom is -0.443 e. The second-order valence-corrected chi connectivity index (χ2v) is 15.7. The number of anilines is 2. The maximum absolute atomic E-state index is 13.2. The monoisotopic (exact) mass is 708 g/mol. The van der Waals surface area contributed by atoms with Gasteiger partial charge in [0, 0.05) is 37.2 Å². The maximum Gasteiger partial charge on any atom is 0.425 e. The highest BCUT2D eigenvalue weighted by Crippen LogP contribution is 2.45. The van der Waals surface area contributed by atoms with Crippen LogP contribution < -0.4 is 10.2 Å². The second kappa shape index (κ2) is 15.5. The van der Waals surface area contributed by atoms with Crippen molar-refractivity contribution in [2.75, 3.05) is 29.9 Å². The molecule has 270 valence electrons. The van der Waals surface area contributed by atoms with Crippen LogP contribution in [0.5, 0.6) is 0 Å². The predicted molar refractivity (Wildman–Crippen MR) is 192 cm³/mol. The van der Waals surface area contributed by atoms with Crippen LogP contribution in [0.3, 0.4) is 0 Å². The smallest absolute Gasteiger partial charge is 0.425 e. The zero-order valence-electron chi connectivity index (χ0n) is 30.3. The van der Waals surface area contributed by atoms with E-state index in [9.17, 15) is 24.0 Å². The summed E-state index contributed by atoms with van der Waals surface area (Å²) in [7, 11) is 0. The molecule has 2 aliphatic rings. The van der Waals surface area contributed by atoms with Crippen molar-refractivity contribution in [2.45, 2.75) is 98.3 Å². The lowest BCUT2D eigenvalue weighted by Crippen LogP contribution is -2.57. The van der Waals surface area contributed by atoms with Crippen LogP contribution in [0.25, 0.3) is 10.2 Å². The first-order valence-electron chi connectivity index (χ1n) is 16.8. The number of carbonyl (C=O) groups is 5. The van der Waals surface area contributed by atoms with E-state index in [1.165, 1.54) is 15.8 Å². The molecule has 50 heavy (non-hydrogen) atoms. The molecule has 1 saturated carbocycles. The first-order chi connectivity index (χ1) is 23.3. The molecule has 2 aromatic heterocycles. The third kappa shape index (κ3) is 10.2. The van der Waals surface area contributed by atoms with Gasteiger partial charge in [-0.05, 0) is 85.4 Å². The van der Waals surface area contributed by atoms with Gasteiger partial charge in [0.2, 0.25) is 5.91 Å². The summed E-state index contributed by atoms with van der Waals surface area (Å²) in [5, 5.41) is 2.61. The van der Waals surface area contributed by atoms with Gasteiger partial charge in [0.1, 0.15) is 11.2 Å². The van der Waals surface area contributed by atoms with Crippen molar-refractivity contribution < 1.29 is 33.4 Å². The Morgan fingerprint density at radius 2 is 1.56 bits per heavy atom. The number of carbonyl (C=O) groups excluding carboxylic acids is 5. The number of imide groups is 1. The lowest BCUT2D eigenvalue weighted by atomic mass is 10.1. The number of aromatic nitrogens is 2. The molecule has 1 atom stereocenters. The number of pyridine rings is 1. The van der Waals surface area contributed by atoms with Crippen LogP contribution in [-0.2, 0) is 23.9 Å². The van der Waals surface area contributed by atoms with Crippen LogP contribution in [0, 0.1) is 5.92 Å². The zero-order valence-corrected chi connectivity index (χ0v) is 31.1. The topological polar surface area (TPSA) is 151 Å². The van der Waals surface area contributed by atoms with E-state index >= 15 is 0 Å². The van der Waals surface area contributed by atoms with Crippen LogP contribution in [-0.4, -0.2) is 86.6 Å². The average Bonchev–Trinajstić information content (AvgIpc) is 3.75. The normalized spacial score (nSPS) is 16.3. The molecule has 1 aromatic carbocycles. The highest BCUT2D eigenvalue weighted by atomic mass is 32.1. The Morgan fingerprint density at radius 3 is 2.10 bits per heavy atom. The first kappa shape index (κ1) is 38.2. The van der Waals surface area contributed by atoms with E-state index in [-0.39, 0.29) is 48.4 Å². The molecular formula is C36H48N6O7S. The summed E-state index contributed by atoms with van der Waals surface area (Å²) in [6, 6.07) is 9.53. The van der Waals surface area contributed by atoms with Crippen molar-refractivity contribution >= 4 is 63.0 Å². The number of fused-ring (bicyclic) bond motifs is 1. The van der Waals surface area contributed by atoms with Crippen molar-refractivity contribution in [2.24, 2.45) is 5.92 Å². The largest absolute Gasteiger partial charge is 0.443 e. The third-order valence-electron chi connectivity index (χ3n) is 7.66. The Kier molecular flexibility index (Phi) is 11.9. The van der Waals surface area contributed by atoms with Crippen LogP contribution >= 0.6 is 11.3 Å². The molecule has 1 aliphatic carbocycles. The number of nitrogens with one attached hydrogen (secondary N) is 1. The summed E-state index contributed by atoms with van der Waals surface area (Å²) >= 11 is 1.68. The number of amides is 5. The first-order valence-corrected chi connectivity index (χ1v) is 17.7. The number of ether oxygens (including phenoxy) is 2. The number of benzene rings is 1. The molecular weight excluding hydrogens is 660 g/mol.